The summed E-state index contributed by atoms with van der Waals surface area (Å²) >= 11 is 5.96. The number of halogens is 2. The lowest BCUT2D eigenvalue weighted by atomic mass is 9.87. The molecule has 2 heterocycles. The summed E-state index contributed by atoms with van der Waals surface area (Å²) in [5.41, 5.74) is 8.03. The molecule has 1 aliphatic rings. The van der Waals surface area contributed by atoms with Gasteiger partial charge in [0, 0.05) is 23.7 Å². The Bertz CT molecular complexity index is 1190. The van der Waals surface area contributed by atoms with Gasteiger partial charge in [0.25, 0.3) is 5.91 Å². The van der Waals surface area contributed by atoms with Crippen molar-refractivity contribution in [1.82, 2.24) is 9.88 Å². The lowest BCUT2D eigenvalue weighted by molar-refractivity contribution is 0.100. The molecule has 0 saturated carbocycles. The molecule has 8 heteroatoms. The molecule has 2 aromatic carbocycles. The van der Waals surface area contributed by atoms with E-state index in [0.29, 0.717) is 28.6 Å². The molecule has 1 amide bonds. The molecule has 0 unspecified atom stereocenters. The number of benzene rings is 2. The molecule has 0 atom stereocenters. The maximum Gasteiger partial charge on any atom is 0.252 e. The maximum absolute atomic E-state index is 14.7. The molecular weight excluding hydrogens is 443 g/mol. The first-order valence-electron chi connectivity index (χ1n) is 11.1. The number of carbonyl (C=O) groups is 1. The lowest BCUT2D eigenvalue weighted by Gasteiger charge is -2.35. The molecule has 33 heavy (non-hydrogen) atoms. The maximum atomic E-state index is 14.7. The number of anilines is 2. The van der Waals surface area contributed by atoms with Crippen molar-refractivity contribution in [2.45, 2.75) is 38.6 Å². The number of fused-ring (bicyclic) bond motifs is 1. The number of pyridine rings is 1. The Labute approximate surface area is 197 Å². The van der Waals surface area contributed by atoms with Gasteiger partial charge in [0.1, 0.15) is 5.75 Å². The Morgan fingerprint density at radius 1 is 1.30 bits per heavy atom. The highest BCUT2D eigenvalue weighted by Crippen LogP contribution is 2.40. The van der Waals surface area contributed by atoms with E-state index in [1.165, 1.54) is 12.3 Å². The second-order valence-corrected chi connectivity index (χ2v) is 9.06. The Kier molecular flexibility index (Phi) is 6.72. The van der Waals surface area contributed by atoms with Gasteiger partial charge in [0.05, 0.1) is 34.6 Å². The number of hydrogen-bond donors (Lipinski definition) is 2. The van der Waals surface area contributed by atoms with Gasteiger partial charge in [-0.25, -0.2) is 4.39 Å². The Balaban J connectivity index is 1.83. The summed E-state index contributed by atoms with van der Waals surface area (Å²) in [6, 6.07) is 9.03. The van der Waals surface area contributed by atoms with Crippen LogP contribution in [0.2, 0.25) is 5.02 Å². The number of primary amides is 1. The van der Waals surface area contributed by atoms with Crippen molar-refractivity contribution in [3.05, 3.63) is 58.5 Å². The number of piperidine rings is 1. The molecule has 4 rings (SSSR count). The summed E-state index contributed by atoms with van der Waals surface area (Å²) in [7, 11) is 1.65. The minimum atomic E-state index is -0.656. The topological polar surface area (TPSA) is 80.5 Å². The number of aromatic nitrogens is 1. The molecule has 0 radical (unpaired) electrons. The predicted molar refractivity (Wildman–Crippen MR) is 130 cm³/mol. The third kappa shape index (κ3) is 4.61. The van der Waals surface area contributed by atoms with Crippen LogP contribution >= 0.6 is 11.6 Å². The van der Waals surface area contributed by atoms with E-state index in [-0.39, 0.29) is 16.3 Å². The van der Waals surface area contributed by atoms with Crippen molar-refractivity contribution in [2.75, 3.05) is 25.5 Å². The number of hydrogen-bond acceptors (Lipinski definition) is 5. The summed E-state index contributed by atoms with van der Waals surface area (Å²) in [4.78, 5) is 19.1. The zero-order valence-corrected chi connectivity index (χ0v) is 19.7. The molecule has 3 aromatic rings. The van der Waals surface area contributed by atoms with Crippen LogP contribution in [0.4, 0.5) is 15.8 Å². The number of carbonyl (C=O) groups excluding carboxylic acids is 1. The zero-order valence-electron chi connectivity index (χ0n) is 19.0. The van der Waals surface area contributed by atoms with Gasteiger partial charge in [-0.15, -0.1) is 0 Å². The number of likely N-dealkylation sites (tertiary alicyclic amines) is 1. The normalized spacial score (nSPS) is 15.2. The highest BCUT2D eigenvalue weighted by atomic mass is 35.5. The van der Waals surface area contributed by atoms with Crippen molar-refractivity contribution < 1.29 is 13.9 Å². The molecular formula is C25H28ClFN4O2. The van der Waals surface area contributed by atoms with Crippen molar-refractivity contribution >= 4 is 39.8 Å². The van der Waals surface area contributed by atoms with Crippen LogP contribution in [-0.4, -0.2) is 42.0 Å². The second-order valence-electron chi connectivity index (χ2n) is 8.65. The van der Waals surface area contributed by atoms with Crippen LogP contribution < -0.4 is 15.8 Å². The number of methoxy groups -OCH3 is 1. The monoisotopic (exact) mass is 470 g/mol. The predicted octanol–water partition coefficient (Wildman–Crippen LogP) is 5.47. The van der Waals surface area contributed by atoms with Crippen molar-refractivity contribution in [2.24, 2.45) is 5.73 Å². The molecule has 1 saturated heterocycles. The molecule has 0 aliphatic carbocycles. The van der Waals surface area contributed by atoms with Crippen LogP contribution in [0.1, 0.15) is 48.5 Å². The molecule has 1 aliphatic heterocycles. The van der Waals surface area contributed by atoms with Crippen LogP contribution in [0.15, 0.2) is 36.5 Å². The Morgan fingerprint density at radius 3 is 2.67 bits per heavy atom. The fraction of sp³-hybridized carbons (Fsp3) is 0.360. The molecule has 6 nitrogen and oxygen atoms in total. The van der Waals surface area contributed by atoms with Gasteiger partial charge < -0.3 is 20.7 Å². The Morgan fingerprint density at radius 2 is 2.03 bits per heavy atom. The van der Waals surface area contributed by atoms with E-state index in [9.17, 15) is 9.18 Å². The number of nitrogens with one attached hydrogen (secondary N) is 1. The van der Waals surface area contributed by atoms with Gasteiger partial charge in [0.15, 0.2) is 5.82 Å². The molecule has 1 fully saturated rings. The second kappa shape index (κ2) is 9.53. The Hall–Kier alpha value is -2.90. The number of amides is 1. The largest absolute Gasteiger partial charge is 0.496 e. The van der Waals surface area contributed by atoms with Crippen LogP contribution in [0.3, 0.4) is 0 Å². The smallest absolute Gasteiger partial charge is 0.252 e. The molecule has 0 spiro atoms. The van der Waals surface area contributed by atoms with E-state index in [1.54, 1.807) is 19.2 Å². The van der Waals surface area contributed by atoms with Gasteiger partial charge in [-0.1, -0.05) is 17.7 Å². The molecule has 3 N–H and O–H groups in total. The SMILES string of the molecule is COc1cc2ncc(C(N)=O)c(Nc3cccc(Cl)c3F)c2cc1C1CCN(C(C)C)CC1. The van der Waals surface area contributed by atoms with Crippen molar-refractivity contribution in [3.63, 3.8) is 0 Å². The first kappa shape index (κ1) is 23.3. The number of ether oxygens (including phenoxy) is 1. The highest BCUT2D eigenvalue weighted by Gasteiger charge is 2.26. The highest BCUT2D eigenvalue weighted by molar-refractivity contribution is 6.31. The third-order valence-electron chi connectivity index (χ3n) is 6.40. The standard InChI is InChI=1S/C25H28ClFN4O2/c1-14(2)31-9-7-15(8-10-31)16-11-17-21(12-22(16)33-3)29-13-18(25(28)32)24(17)30-20-6-4-5-19(26)23(20)27/h4-6,11-15H,7-10H2,1-3H3,(H2,28,32)(H,29,30). The summed E-state index contributed by atoms with van der Waals surface area (Å²) in [6.07, 6.45) is 3.39. The van der Waals surface area contributed by atoms with Gasteiger partial charge in [-0.3, -0.25) is 9.78 Å². The molecule has 1 aromatic heterocycles. The first-order chi connectivity index (χ1) is 15.8. The van der Waals surface area contributed by atoms with Gasteiger partial charge in [0.2, 0.25) is 0 Å². The number of nitrogens with two attached hydrogens (primary N) is 1. The van der Waals surface area contributed by atoms with E-state index in [0.717, 1.165) is 37.2 Å². The summed E-state index contributed by atoms with van der Waals surface area (Å²) in [5.74, 6) is -0.205. The van der Waals surface area contributed by atoms with Crippen LogP contribution in [0.5, 0.6) is 5.75 Å². The van der Waals surface area contributed by atoms with Crippen molar-refractivity contribution in [3.8, 4) is 5.75 Å². The minimum Gasteiger partial charge on any atom is -0.496 e. The van der Waals surface area contributed by atoms with Gasteiger partial charge >= 0.3 is 0 Å². The first-order valence-corrected chi connectivity index (χ1v) is 11.4. The van der Waals surface area contributed by atoms with E-state index in [4.69, 9.17) is 22.1 Å². The minimum absolute atomic E-state index is 0.0155. The van der Waals surface area contributed by atoms with E-state index >= 15 is 0 Å². The quantitative estimate of drug-likeness (QED) is 0.499. The van der Waals surface area contributed by atoms with Gasteiger partial charge in [-0.05, 0) is 69.5 Å². The zero-order chi connectivity index (χ0) is 23.7. The van der Waals surface area contributed by atoms with Crippen molar-refractivity contribution in [1.29, 1.82) is 0 Å². The summed E-state index contributed by atoms with van der Waals surface area (Å²) in [5, 5.41) is 3.70. The van der Waals surface area contributed by atoms with E-state index in [1.807, 2.05) is 12.1 Å². The summed E-state index contributed by atoms with van der Waals surface area (Å²) < 4.78 is 20.4. The fourth-order valence-electron chi connectivity index (χ4n) is 4.52. The van der Waals surface area contributed by atoms with Crippen LogP contribution in [-0.2, 0) is 0 Å². The average Bonchev–Trinajstić information content (AvgIpc) is 2.81. The fourth-order valence-corrected chi connectivity index (χ4v) is 4.69. The van der Waals surface area contributed by atoms with E-state index in [2.05, 4.69) is 29.0 Å². The van der Waals surface area contributed by atoms with E-state index < -0.39 is 11.7 Å². The van der Waals surface area contributed by atoms with Crippen LogP contribution in [0.25, 0.3) is 10.9 Å². The van der Waals surface area contributed by atoms with Gasteiger partial charge in [-0.2, -0.15) is 0 Å². The molecule has 0 bridgehead atoms. The number of rotatable bonds is 6. The van der Waals surface area contributed by atoms with Crippen LogP contribution in [0, 0.1) is 5.82 Å². The third-order valence-corrected chi connectivity index (χ3v) is 6.69. The lowest BCUT2D eigenvalue weighted by Crippen LogP contribution is -2.37. The number of nitrogens with zero attached hydrogens (tertiary/aromatic N) is 2. The molecule has 174 valence electrons. The summed E-state index contributed by atoms with van der Waals surface area (Å²) in [6.45, 7) is 6.42. The average molecular weight is 471 g/mol.